The van der Waals surface area contributed by atoms with Crippen LogP contribution in [0.3, 0.4) is 0 Å². The van der Waals surface area contributed by atoms with Crippen LogP contribution in [0.2, 0.25) is 0 Å². The van der Waals surface area contributed by atoms with E-state index < -0.39 is 0 Å². The molecule has 5 rings (SSSR count). The minimum Gasteiger partial charge on any atom is -0.317 e. The predicted octanol–water partition coefficient (Wildman–Crippen LogP) is 4.84. The number of aliphatic imine (C=N–C) groups is 1. The molecule has 2 N–H and O–H groups in total. The second kappa shape index (κ2) is 9.11. The van der Waals surface area contributed by atoms with E-state index in [1.54, 1.807) is 22.7 Å². The highest BCUT2D eigenvalue weighted by molar-refractivity contribution is 7.15. The zero-order valence-corrected chi connectivity index (χ0v) is 20.2. The van der Waals surface area contributed by atoms with Crippen LogP contribution >= 0.6 is 22.7 Å². The van der Waals surface area contributed by atoms with Gasteiger partial charge < -0.3 is 5.21 Å². The summed E-state index contributed by atoms with van der Waals surface area (Å²) in [6.07, 6.45) is 6.37. The summed E-state index contributed by atoms with van der Waals surface area (Å²) in [4.78, 5) is 11.1. The third-order valence-electron chi connectivity index (χ3n) is 5.79. The Balaban J connectivity index is 1.66. The van der Waals surface area contributed by atoms with Gasteiger partial charge in [-0.25, -0.2) is 10.5 Å². The van der Waals surface area contributed by atoms with Gasteiger partial charge >= 0.3 is 0 Å². The molecule has 4 heterocycles. The van der Waals surface area contributed by atoms with Gasteiger partial charge in [0.25, 0.3) is 0 Å². The average molecular weight is 477 g/mol. The van der Waals surface area contributed by atoms with Crippen LogP contribution in [0.4, 0.5) is 0 Å². The zero-order valence-electron chi connectivity index (χ0n) is 18.6. The topological polar surface area (TPSA) is 88.2 Å². The van der Waals surface area contributed by atoms with Crippen molar-refractivity contribution in [3.05, 3.63) is 85.7 Å². The molecule has 0 spiro atoms. The fraction of sp³-hybridized carbons (Fsp3) is 0.250. The monoisotopic (exact) mass is 476 g/mol. The normalized spacial score (nSPS) is 15.4. The van der Waals surface area contributed by atoms with E-state index in [1.807, 2.05) is 30.7 Å². The summed E-state index contributed by atoms with van der Waals surface area (Å²) in [6, 6.07) is 8.20. The number of hydrogen-bond acceptors (Lipinski definition) is 8. The van der Waals surface area contributed by atoms with Crippen molar-refractivity contribution in [2.45, 2.75) is 33.2 Å². The van der Waals surface area contributed by atoms with Crippen molar-refractivity contribution in [2.24, 2.45) is 4.99 Å². The van der Waals surface area contributed by atoms with Crippen molar-refractivity contribution in [1.29, 1.82) is 0 Å². The van der Waals surface area contributed by atoms with E-state index >= 15 is 0 Å². The van der Waals surface area contributed by atoms with Gasteiger partial charge in [-0.05, 0) is 31.9 Å². The molecule has 0 amide bonds. The summed E-state index contributed by atoms with van der Waals surface area (Å²) in [5.41, 5.74) is 7.63. The Hall–Kier alpha value is -2.98. The van der Waals surface area contributed by atoms with Crippen LogP contribution < -0.4 is 5.48 Å². The summed E-state index contributed by atoms with van der Waals surface area (Å²) >= 11 is 3.40. The fourth-order valence-electron chi connectivity index (χ4n) is 4.04. The fourth-order valence-corrected chi connectivity index (χ4v) is 5.91. The molecule has 0 saturated heterocycles. The quantitative estimate of drug-likeness (QED) is 0.389. The summed E-state index contributed by atoms with van der Waals surface area (Å²) in [5.74, 6) is 1.72. The highest BCUT2D eigenvalue weighted by Crippen LogP contribution is 2.39. The van der Waals surface area contributed by atoms with Gasteiger partial charge in [0, 0.05) is 40.5 Å². The van der Waals surface area contributed by atoms with Crippen LogP contribution in [0.1, 0.15) is 49.8 Å². The Morgan fingerprint density at radius 2 is 1.97 bits per heavy atom. The van der Waals surface area contributed by atoms with Gasteiger partial charge in [0.05, 0.1) is 10.7 Å². The third-order valence-corrected chi connectivity index (χ3v) is 7.79. The van der Waals surface area contributed by atoms with Crippen LogP contribution in [-0.4, -0.2) is 37.2 Å². The molecule has 0 radical (unpaired) electrons. The van der Waals surface area contributed by atoms with E-state index in [-0.39, 0.29) is 6.04 Å². The minimum absolute atomic E-state index is 0.179. The molecule has 1 aliphatic rings. The lowest BCUT2D eigenvalue weighted by Crippen LogP contribution is -2.09. The minimum atomic E-state index is -0.179. The number of nitrogens with zero attached hydrogens (tertiary/aromatic N) is 5. The Morgan fingerprint density at radius 3 is 2.70 bits per heavy atom. The number of thiophene rings is 1. The Kier molecular flexibility index (Phi) is 6.03. The number of nitrogens with one attached hydrogen (secondary N) is 1. The number of hydrogen-bond donors (Lipinski definition) is 2. The Morgan fingerprint density at radius 1 is 1.15 bits per heavy atom. The number of benzene rings is 1. The molecule has 0 aliphatic carbocycles. The summed E-state index contributed by atoms with van der Waals surface area (Å²) in [5, 5.41) is 21.9. The molecule has 0 fully saturated rings. The van der Waals surface area contributed by atoms with Gasteiger partial charge in [-0.1, -0.05) is 36.4 Å². The number of aromatic nitrogens is 4. The largest absolute Gasteiger partial charge is 0.317 e. The van der Waals surface area contributed by atoms with Crippen LogP contribution in [0.5, 0.6) is 0 Å². The number of rotatable bonds is 6. The summed E-state index contributed by atoms with van der Waals surface area (Å²) < 4.78 is 2.17. The van der Waals surface area contributed by atoms with E-state index in [1.165, 1.54) is 10.4 Å². The number of thiazole rings is 1. The molecule has 33 heavy (non-hydrogen) atoms. The zero-order chi connectivity index (χ0) is 22.9. The first-order chi connectivity index (χ1) is 16.1. The SMILES string of the molecule is Cc1sc2c(c1C)C(c1ccc(/C=C/CNO)cc1)=N[C@@H](Cc1nccs1)c1nnc(C)n1-2. The Bertz CT molecular complexity index is 1330. The highest BCUT2D eigenvalue weighted by Gasteiger charge is 2.31. The lowest BCUT2D eigenvalue weighted by Gasteiger charge is -2.11. The van der Waals surface area contributed by atoms with Gasteiger partial charge in [0.1, 0.15) is 16.9 Å². The lowest BCUT2D eigenvalue weighted by atomic mass is 9.98. The summed E-state index contributed by atoms with van der Waals surface area (Å²) in [6.45, 7) is 6.72. The van der Waals surface area contributed by atoms with Crippen molar-refractivity contribution >= 4 is 34.5 Å². The molecule has 0 saturated carbocycles. The van der Waals surface area contributed by atoms with Gasteiger partial charge in [-0.2, -0.15) is 0 Å². The molecule has 0 bridgehead atoms. The van der Waals surface area contributed by atoms with Crippen LogP contribution in [0.15, 0.2) is 46.9 Å². The second-order valence-corrected chi connectivity index (χ2v) is 10.1. The maximum absolute atomic E-state index is 8.77. The van der Waals surface area contributed by atoms with Crippen LogP contribution in [-0.2, 0) is 6.42 Å². The summed E-state index contributed by atoms with van der Waals surface area (Å²) in [7, 11) is 0. The predicted molar refractivity (Wildman–Crippen MR) is 133 cm³/mol. The molecule has 168 valence electrons. The lowest BCUT2D eigenvalue weighted by molar-refractivity contribution is 0.180. The van der Waals surface area contributed by atoms with E-state index in [9.17, 15) is 0 Å². The number of hydroxylamine groups is 1. The van der Waals surface area contributed by atoms with Gasteiger partial charge in [-0.15, -0.1) is 32.9 Å². The van der Waals surface area contributed by atoms with Gasteiger partial charge in [-0.3, -0.25) is 9.56 Å². The first kappa shape index (κ1) is 21.8. The molecule has 3 aromatic heterocycles. The second-order valence-electron chi connectivity index (χ2n) is 7.91. The van der Waals surface area contributed by atoms with Crippen molar-refractivity contribution in [3.63, 3.8) is 0 Å². The third kappa shape index (κ3) is 4.08. The van der Waals surface area contributed by atoms with E-state index in [2.05, 4.69) is 63.3 Å². The smallest absolute Gasteiger partial charge is 0.163 e. The molecule has 4 aromatic rings. The molecular formula is C24H24N6OS2. The maximum Gasteiger partial charge on any atom is 0.163 e. The van der Waals surface area contributed by atoms with Crippen LogP contribution in [0, 0.1) is 20.8 Å². The van der Waals surface area contributed by atoms with Crippen molar-refractivity contribution < 1.29 is 5.21 Å². The van der Waals surface area contributed by atoms with E-state index in [0.29, 0.717) is 13.0 Å². The standard InChI is InChI=1S/C24H24N6OS2/c1-14-15(2)33-24-21(14)22(18-8-6-17(7-9-18)5-4-10-26-31)27-19(13-20-25-11-12-32-20)23-29-28-16(3)30(23)24/h4-9,11-12,19,26,31H,10,13H2,1-3H3/b5-4+/t19-/m0/s1. The van der Waals surface area contributed by atoms with Gasteiger partial charge in [0.15, 0.2) is 5.82 Å². The molecule has 1 aromatic carbocycles. The van der Waals surface area contributed by atoms with Crippen LogP contribution in [0.25, 0.3) is 11.1 Å². The molecular weight excluding hydrogens is 452 g/mol. The highest BCUT2D eigenvalue weighted by atomic mass is 32.1. The molecule has 1 aliphatic heterocycles. The average Bonchev–Trinajstić information content (AvgIpc) is 3.50. The number of aryl methyl sites for hydroxylation is 2. The molecule has 1 atom stereocenters. The molecule has 0 unspecified atom stereocenters. The van der Waals surface area contributed by atoms with E-state index in [0.717, 1.165) is 44.1 Å². The first-order valence-electron chi connectivity index (χ1n) is 10.7. The molecule has 9 heteroatoms. The molecule has 7 nitrogen and oxygen atoms in total. The van der Waals surface area contributed by atoms with E-state index in [4.69, 9.17) is 10.2 Å². The van der Waals surface area contributed by atoms with Crippen molar-refractivity contribution in [3.8, 4) is 5.00 Å². The van der Waals surface area contributed by atoms with Crippen molar-refractivity contribution in [1.82, 2.24) is 25.2 Å². The van der Waals surface area contributed by atoms with Crippen molar-refractivity contribution in [2.75, 3.05) is 6.54 Å². The number of fused-ring (bicyclic) bond motifs is 3. The van der Waals surface area contributed by atoms with Gasteiger partial charge in [0.2, 0.25) is 0 Å². The maximum atomic E-state index is 8.77. The first-order valence-corrected chi connectivity index (χ1v) is 12.4. The Labute approximate surface area is 200 Å².